The van der Waals surface area contributed by atoms with Crippen molar-refractivity contribution in [2.24, 2.45) is 0 Å². The molecule has 168 valence electrons. The van der Waals surface area contributed by atoms with E-state index in [1.807, 2.05) is 0 Å². The first kappa shape index (κ1) is 23.1. The van der Waals surface area contributed by atoms with Gasteiger partial charge in [0, 0.05) is 11.1 Å². The van der Waals surface area contributed by atoms with Crippen LogP contribution in [0.25, 0.3) is 0 Å². The van der Waals surface area contributed by atoms with Crippen molar-refractivity contribution in [3.05, 3.63) is 65.5 Å². The van der Waals surface area contributed by atoms with Crippen LogP contribution >= 0.6 is 0 Å². The second-order valence-corrected chi connectivity index (χ2v) is 8.41. The van der Waals surface area contributed by atoms with Gasteiger partial charge in [0.2, 0.25) is 5.91 Å². The topological polar surface area (TPSA) is 84.0 Å². The lowest BCUT2D eigenvalue weighted by atomic mass is 9.99. The van der Waals surface area contributed by atoms with Gasteiger partial charge in [-0.2, -0.15) is 0 Å². The number of anilines is 1. The Morgan fingerprint density at radius 3 is 2.12 bits per heavy atom. The van der Waals surface area contributed by atoms with Gasteiger partial charge in [-0.05, 0) is 76.2 Å². The maximum absolute atomic E-state index is 13.3. The Bertz CT molecular complexity index is 1040. The van der Waals surface area contributed by atoms with Gasteiger partial charge in [-0.1, -0.05) is 0 Å². The van der Waals surface area contributed by atoms with Crippen LogP contribution < -0.4 is 4.90 Å². The summed E-state index contributed by atoms with van der Waals surface area (Å²) in [5.74, 6) is -2.44. The largest absolute Gasteiger partial charge is 0.462 e. The molecule has 1 unspecified atom stereocenters. The molecule has 3 rings (SSSR count). The van der Waals surface area contributed by atoms with Crippen molar-refractivity contribution in [2.75, 3.05) is 11.5 Å². The molecule has 1 heterocycles. The Balaban J connectivity index is 1.90. The summed E-state index contributed by atoms with van der Waals surface area (Å²) in [6.45, 7) is 7.23. The summed E-state index contributed by atoms with van der Waals surface area (Å²) in [4.78, 5) is 53.5. The normalized spacial score (nSPS) is 16.3. The molecule has 0 aromatic heterocycles. The minimum atomic E-state index is -1.01. The quantitative estimate of drug-likeness (QED) is 0.524. The number of carbonyl (C=O) groups is 4. The number of hydrogen-bond acceptors (Lipinski definition) is 5. The zero-order valence-corrected chi connectivity index (χ0v) is 18.4. The molecule has 1 saturated heterocycles. The van der Waals surface area contributed by atoms with E-state index in [-0.39, 0.29) is 18.6 Å². The Morgan fingerprint density at radius 2 is 1.59 bits per heavy atom. The van der Waals surface area contributed by atoms with Gasteiger partial charge >= 0.3 is 5.97 Å². The molecule has 0 bridgehead atoms. The van der Waals surface area contributed by atoms with Gasteiger partial charge in [-0.3, -0.25) is 14.4 Å². The highest BCUT2D eigenvalue weighted by molar-refractivity contribution is 6.23. The molecule has 1 aliphatic heterocycles. The lowest BCUT2D eigenvalue weighted by molar-refractivity contribution is -0.123. The number of imide groups is 1. The van der Waals surface area contributed by atoms with Crippen molar-refractivity contribution in [2.45, 2.75) is 45.7 Å². The fourth-order valence-electron chi connectivity index (χ4n) is 3.70. The summed E-state index contributed by atoms with van der Waals surface area (Å²) < 4.78 is 18.2. The Morgan fingerprint density at radius 1 is 1.03 bits per heavy atom. The van der Waals surface area contributed by atoms with Crippen LogP contribution in [0.3, 0.4) is 0 Å². The number of halogens is 1. The molecule has 0 saturated carbocycles. The Hall–Kier alpha value is -3.55. The number of hydrogen-bond donors (Lipinski definition) is 0. The number of amides is 3. The van der Waals surface area contributed by atoms with Gasteiger partial charge in [-0.25, -0.2) is 14.1 Å². The summed E-state index contributed by atoms with van der Waals surface area (Å²) in [5, 5.41) is 0. The predicted molar refractivity (Wildman–Crippen MR) is 116 cm³/mol. The van der Waals surface area contributed by atoms with Crippen molar-refractivity contribution >= 4 is 29.4 Å². The van der Waals surface area contributed by atoms with Crippen LogP contribution in [0.4, 0.5) is 10.1 Å². The van der Waals surface area contributed by atoms with E-state index in [4.69, 9.17) is 4.74 Å². The summed E-state index contributed by atoms with van der Waals surface area (Å²) >= 11 is 0. The van der Waals surface area contributed by atoms with Crippen LogP contribution in [-0.2, 0) is 14.3 Å². The van der Waals surface area contributed by atoms with Crippen LogP contribution in [0.1, 0.15) is 54.8 Å². The molecule has 0 radical (unpaired) electrons. The fraction of sp³-hybridized carbons (Fsp3) is 0.333. The average molecular weight is 440 g/mol. The molecular formula is C24H25FN2O5. The van der Waals surface area contributed by atoms with E-state index in [9.17, 15) is 23.6 Å². The smallest absolute Gasteiger partial charge is 0.338 e. The number of esters is 1. The van der Waals surface area contributed by atoms with Crippen molar-refractivity contribution in [1.82, 2.24) is 4.90 Å². The van der Waals surface area contributed by atoms with E-state index in [1.54, 1.807) is 27.7 Å². The minimum absolute atomic E-state index is 0.178. The van der Waals surface area contributed by atoms with Gasteiger partial charge in [0.25, 0.3) is 11.8 Å². The summed E-state index contributed by atoms with van der Waals surface area (Å²) in [7, 11) is 0. The molecule has 1 atom stereocenters. The van der Waals surface area contributed by atoms with Gasteiger partial charge < -0.3 is 9.64 Å². The molecule has 0 spiro atoms. The first-order chi connectivity index (χ1) is 15.0. The second kappa shape index (κ2) is 8.90. The van der Waals surface area contributed by atoms with Crippen LogP contribution in [0.5, 0.6) is 0 Å². The van der Waals surface area contributed by atoms with E-state index in [1.165, 1.54) is 53.4 Å². The van der Waals surface area contributed by atoms with E-state index < -0.39 is 41.1 Å². The summed E-state index contributed by atoms with van der Waals surface area (Å²) in [6.07, 6.45) is -0.178. The zero-order chi connectivity index (χ0) is 23.6. The Labute approximate surface area is 185 Å². The van der Waals surface area contributed by atoms with E-state index in [0.29, 0.717) is 11.3 Å². The molecule has 1 aliphatic rings. The molecule has 0 aliphatic carbocycles. The van der Waals surface area contributed by atoms with Crippen molar-refractivity contribution in [3.8, 4) is 0 Å². The monoisotopic (exact) mass is 440 g/mol. The SMILES string of the molecule is CCOC(=O)c1ccc(N2C(=O)CC(N(C(=O)c3ccc(F)cc3)C(C)(C)C)C2=O)cc1. The molecule has 2 aromatic rings. The third-order valence-electron chi connectivity index (χ3n) is 5.10. The summed E-state index contributed by atoms with van der Waals surface area (Å²) in [6, 6.07) is 9.98. The van der Waals surface area contributed by atoms with Crippen molar-refractivity contribution in [1.29, 1.82) is 0 Å². The maximum Gasteiger partial charge on any atom is 0.338 e. The number of benzene rings is 2. The third kappa shape index (κ3) is 4.54. The second-order valence-electron chi connectivity index (χ2n) is 8.41. The average Bonchev–Trinajstić information content (AvgIpc) is 3.01. The molecule has 32 heavy (non-hydrogen) atoms. The van der Waals surface area contributed by atoms with Crippen molar-refractivity contribution < 1.29 is 28.3 Å². The predicted octanol–water partition coefficient (Wildman–Crippen LogP) is 3.58. The highest BCUT2D eigenvalue weighted by Crippen LogP contribution is 2.31. The van der Waals surface area contributed by atoms with Crippen molar-refractivity contribution in [3.63, 3.8) is 0 Å². The number of nitrogens with zero attached hydrogens (tertiary/aromatic N) is 2. The first-order valence-corrected chi connectivity index (χ1v) is 10.3. The van der Waals surface area contributed by atoms with Gasteiger partial charge in [0.15, 0.2) is 0 Å². The highest BCUT2D eigenvalue weighted by atomic mass is 19.1. The molecule has 1 fully saturated rings. The number of carbonyl (C=O) groups excluding carboxylic acids is 4. The molecule has 8 heteroatoms. The zero-order valence-electron chi connectivity index (χ0n) is 18.4. The minimum Gasteiger partial charge on any atom is -0.462 e. The first-order valence-electron chi connectivity index (χ1n) is 10.3. The lowest BCUT2D eigenvalue weighted by Crippen LogP contribution is -2.54. The standard InChI is InChI=1S/C24H25FN2O5/c1-5-32-23(31)16-8-12-18(13-9-16)26-20(28)14-19(22(26)30)27(24(2,3)4)21(29)15-6-10-17(25)11-7-15/h6-13,19H,5,14H2,1-4H3. The number of rotatable bonds is 5. The molecule has 7 nitrogen and oxygen atoms in total. The maximum atomic E-state index is 13.3. The molecular weight excluding hydrogens is 415 g/mol. The highest BCUT2D eigenvalue weighted by Gasteiger charge is 2.47. The van der Waals surface area contributed by atoms with Gasteiger partial charge in [0.1, 0.15) is 11.9 Å². The fourth-order valence-corrected chi connectivity index (χ4v) is 3.70. The van der Waals surface area contributed by atoms with E-state index >= 15 is 0 Å². The molecule has 3 amide bonds. The lowest BCUT2D eigenvalue weighted by Gasteiger charge is -2.39. The summed E-state index contributed by atoms with van der Waals surface area (Å²) in [5.41, 5.74) is 0.0436. The third-order valence-corrected chi connectivity index (χ3v) is 5.10. The van der Waals surface area contributed by atoms with Crippen LogP contribution in [0, 0.1) is 5.82 Å². The molecule has 0 N–H and O–H groups in total. The van der Waals surface area contributed by atoms with Gasteiger partial charge in [0.05, 0.1) is 24.3 Å². The van der Waals surface area contributed by atoms with Gasteiger partial charge in [-0.15, -0.1) is 0 Å². The Kier molecular flexibility index (Phi) is 6.43. The molecule has 2 aromatic carbocycles. The number of ether oxygens (including phenoxy) is 1. The van der Waals surface area contributed by atoms with Crippen LogP contribution in [0.15, 0.2) is 48.5 Å². The van der Waals surface area contributed by atoms with Crippen LogP contribution in [-0.4, -0.2) is 46.8 Å². The van der Waals surface area contributed by atoms with E-state index in [0.717, 1.165) is 4.90 Å². The van der Waals surface area contributed by atoms with E-state index in [2.05, 4.69) is 0 Å². The van der Waals surface area contributed by atoms with Crippen LogP contribution in [0.2, 0.25) is 0 Å².